The number of hydrazine groups is 1. The van der Waals surface area contributed by atoms with E-state index < -0.39 is 17.6 Å². The molecule has 1 heterocycles. The molecule has 1 aliphatic carbocycles. The third kappa shape index (κ3) is 8.84. The molecule has 7 nitrogen and oxygen atoms in total. The lowest BCUT2D eigenvalue weighted by atomic mass is 9.89. The van der Waals surface area contributed by atoms with Gasteiger partial charge in [-0.2, -0.15) is 13.2 Å². The summed E-state index contributed by atoms with van der Waals surface area (Å²) in [6, 6.07) is 8.34. The molecule has 0 aromatic heterocycles. The number of benzene rings is 2. The molecule has 0 bridgehead atoms. The Morgan fingerprint density at radius 3 is 2.40 bits per heavy atom. The van der Waals surface area contributed by atoms with Crippen molar-refractivity contribution in [2.75, 3.05) is 61.3 Å². The van der Waals surface area contributed by atoms with E-state index in [4.69, 9.17) is 18.0 Å². The molecule has 1 saturated heterocycles. The maximum Gasteiger partial charge on any atom is 0.416 e. The van der Waals surface area contributed by atoms with E-state index in [-0.39, 0.29) is 5.11 Å². The van der Waals surface area contributed by atoms with Crippen LogP contribution in [0.1, 0.15) is 43.2 Å². The number of hydrogen-bond acceptors (Lipinski definition) is 6. The zero-order valence-corrected chi connectivity index (χ0v) is 23.4. The first kappa shape index (κ1) is 30.1. The number of anilines is 3. The Kier molecular flexibility index (Phi) is 10.7. The van der Waals surface area contributed by atoms with Crippen LogP contribution in [-0.2, 0) is 12.7 Å². The quantitative estimate of drug-likeness (QED) is 0.111. The summed E-state index contributed by atoms with van der Waals surface area (Å²) in [5, 5.41) is 6.17. The van der Waals surface area contributed by atoms with Crippen LogP contribution in [0.4, 0.5) is 34.6 Å². The number of halogens is 4. The molecule has 2 aromatic rings. The van der Waals surface area contributed by atoms with Gasteiger partial charge in [0.05, 0.1) is 11.3 Å². The van der Waals surface area contributed by atoms with Crippen LogP contribution in [0.5, 0.6) is 0 Å². The van der Waals surface area contributed by atoms with Crippen LogP contribution < -0.4 is 32.1 Å². The van der Waals surface area contributed by atoms with E-state index in [1.165, 1.54) is 44.2 Å². The van der Waals surface area contributed by atoms with E-state index in [0.717, 1.165) is 62.0 Å². The summed E-state index contributed by atoms with van der Waals surface area (Å²) >= 11 is 4.86. The summed E-state index contributed by atoms with van der Waals surface area (Å²) in [6.45, 7) is 5.69. The lowest BCUT2D eigenvalue weighted by molar-refractivity contribution is -0.137. The van der Waals surface area contributed by atoms with Crippen LogP contribution in [0, 0.1) is 11.7 Å². The van der Waals surface area contributed by atoms with Gasteiger partial charge < -0.3 is 21.3 Å². The summed E-state index contributed by atoms with van der Waals surface area (Å²) in [4.78, 5) is 4.82. The summed E-state index contributed by atoms with van der Waals surface area (Å²) in [5.74, 6) is 0.378. The number of thiocarbonyl (C=S) groups is 1. The van der Waals surface area contributed by atoms with Crippen molar-refractivity contribution in [2.45, 2.75) is 44.8 Å². The first-order chi connectivity index (χ1) is 19.2. The molecule has 2 fully saturated rings. The highest BCUT2D eigenvalue weighted by Crippen LogP contribution is 2.31. The second kappa shape index (κ2) is 14.2. The van der Waals surface area contributed by atoms with Gasteiger partial charge in [0.1, 0.15) is 5.82 Å². The second-order valence-corrected chi connectivity index (χ2v) is 11.0. The van der Waals surface area contributed by atoms with Gasteiger partial charge in [0.25, 0.3) is 0 Å². The molecule has 0 amide bonds. The van der Waals surface area contributed by atoms with Crippen LogP contribution in [0.15, 0.2) is 36.4 Å². The summed E-state index contributed by atoms with van der Waals surface area (Å²) in [5.41, 5.74) is 12.8. The third-order valence-corrected chi connectivity index (χ3v) is 7.67. The molecule has 4 rings (SSSR count). The first-order valence-corrected chi connectivity index (χ1v) is 14.3. The Bertz CT molecular complexity index is 1120. The molecular weight excluding hydrogens is 542 g/mol. The maximum atomic E-state index is 15.1. The zero-order valence-electron chi connectivity index (χ0n) is 22.6. The van der Waals surface area contributed by atoms with Gasteiger partial charge in [0.2, 0.25) is 0 Å². The Morgan fingerprint density at radius 1 is 0.975 bits per heavy atom. The van der Waals surface area contributed by atoms with Crippen LogP contribution in [0.3, 0.4) is 0 Å². The number of hydrogen-bond donors (Lipinski definition) is 5. The average molecular weight is 582 g/mol. The van der Waals surface area contributed by atoms with E-state index in [1.807, 2.05) is 6.07 Å². The van der Waals surface area contributed by atoms with E-state index in [1.54, 1.807) is 6.07 Å². The fourth-order valence-corrected chi connectivity index (χ4v) is 5.59. The predicted molar refractivity (Wildman–Crippen MR) is 157 cm³/mol. The van der Waals surface area contributed by atoms with Crippen LogP contribution in [0.25, 0.3) is 0 Å². The van der Waals surface area contributed by atoms with Crippen molar-refractivity contribution in [2.24, 2.45) is 11.7 Å². The lowest BCUT2D eigenvalue weighted by Gasteiger charge is -2.39. The highest BCUT2D eigenvalue weighted by molar-refractivity contribution is 7.80. The fraction of sp³-hybridized carbons (Fsp3) is 0.536. The van der Waals surface area contributed by atoms with Crippen LogP contribution >= 0.6 is 12.2 Å². The average Bonchev–Trinajstić information content (AvgIpc) is 2.93. The standard InChI is InChI=1S/C28H39F4N7S/c29-24-15-21(18-36-37-27(33)40)26(39-13-11-38(12-14-39)19-20-5-2-1-3-6-20)17-25(24)35-10-9-34-23-8-4-7-22(16-23)28(30,31)32/h4,7-8,15-17,20,34-36H,1-3,5-6,9-14,18-19H2,(H3,33,37,40). The molecule has 40 heavy (non-hydrogen) atoms. The van der Waals surface area contributed by atoms with Crippen molar-refractivity contribution in [3.05, 3.63) is 53.3 Å². The monoisotopic (exact) mass is 581 g/mol. The minimum Gasteiger partial charge on any atom is -0.383 e. The molecule has 1 aliphatic heterocycles. The van der Waals surface area contributed by atoms with Gasteiger partial charge in [-0.25, -0.2) is 9.82 Å². The van der Waals surface area contributed by atoms with Crippen LogP contribution in [0.2, 0.25) is 0 Å². The fourth-order valence-electron chi connectivity index (χ4n) is 5.52. The SMILES string of the molecule is NC(=S)NNCc1cc(F)c(NCCNc2cccc(C(F)(F)F)c2)cc1N1CCN(CC2CCCCC2)CC1. The minimum atomic E-state index is -4.40. The molecule has 0 radical (unpaired) electrons. The first-order valence-electron chi connectivity index (χ1n) is 13.9. The van der Waals surface area contributed by atoms with Gasteiger partial charge >= 0.3 is 6.18 Å². The van der Waals surface area contributed by atoms with Gasteiger partial charge in [-0.05, 0) is 66.9 Å². The number of alkyl halides is 3. The van der Waals surface area contributed by atoms with E-state index in [2.05, 4.69) is 31.3 Å². The van der Waals surface area contributed by atoms with Crippen LogP contribution in [-0.4, -0.2) is 55.8 Å². The van der Waals surface area contributed by atoms with Crippen molar-refractivity contribution in [3.8, 4) is 0 Å². The van der Waals surface area contributed by atoms with E-state index >= 15 is 4.39 Å². The topological polar surface area (TPSA) is 80.6 Å². The smallest absolute Gasteiger partial charge is 0.383 e. The Morgan fingerprint density at radius 2 is 1.70 bits per heavy atom. The molecule has 2 aliphatic rings. The number of nitrogens with two attached hydrogens (primary N) is 1. The second-order valence-electron chi connectivity index (χ2n) is 10.5. The number of nitrogens with one attached hydrogen (secondary N) is 4. The van der Waals surface area contributed by atoms with Crippen molar-refractivity contribution in [3.63, 3.8) is 0 Å². The molecule has 6 N–H and O–H groups in total. The molecule has 0 unspecified atom stereocenters. The van der Waals surface area contributed by atoms with Gasteiger partial charge in [-0.1, -0.05) is 25.3 Å². The zero-order chi connectivity index (χ0) is 28.5. The number of nitrogens with zero attached hydrogens (tertiary/aromatic N) is 2. The van der Waals surface area contributed by atoms with E-state index in [0.29, 0.717) is 31.0 Å². The molecule has 2 aromatic carbocycles. The Hall–Kier alpha value is -2.83. The maximum absolute atomic E-state index is 15.1. The molecular formula is C28H39F4N7S. The van der Waals surface area contributed by atoms with E-state index in [9.17, 15) is 13.2 Å². The summed E-state index contributed by atoms with van der Waals surface area (Å²) in [6.07, 6.45) is 2.26. The minimum absolute atomic E-state index is 0.102. The van der Waals surface area contributed by atoms with Crippen molar-refractivity contribution in [1.29, 1.82) is 0 Å². The lowest BCUT2D eigenvalue weighted by Crippen LogP contribution is -2.48. The van der Waals surface area contributed by atoms with Crippen molar-refractivity contribution in [1.82, 2.24) is 15.8 Å². The molecule has 12 heteroatoms. The van der Waals surface area contributed by atoms with Gasteiger partial charge in [0, 0.05) is 63.7 Å². The highest BCUT2D eigenvalue weighted by atomic mass is 32.1. The van der Waals surface area contributed by atoms with Crippen molar-refractivity contribution >= 4 is 34.4 Å². The van der Waals surface area contributed by atoms with Crippen molar-refractivity contribution < 1.29 is 17.6 Å². The molecule has 220 valence electrons. The highest BCUT2D eigenvalue weighted by Gasteiger charge is 2.30. The number of piperazine rings is 1. The molecule has 0 spiro atoms. The Labute approximate surface area is 238 Å². The number of rotatable bonds is 11. The summed E-state index contributed by atoms with van der Waals surface area (Å²) < 4.78 is 54.0. The van der Waals surface area contributed by atoms with Gasteiger partial charge in [-0.15, -0.1) is 0 Å². The normalized spacial score (nSPS) is 17.1. The third-order valence-electron chi connectivity index (χ3n) is 7.57. The van der Waals surface area contributed by atoms with Gasteiger partial charge in [0.15, 0.2) is 5.11 Å². The predicted octanol–water partition coefficient (Wildman–Crippen LogP) is 4.91. The molecule has 0 atom stereocenters. The van der Waals surface area contributed by atoms with Gasteiger partial charge in [-0.3, -0.25) is 10.3 Å². The summed E-state index contributed by atoms with van der Waals surface area (Å²) in [7, 11) is 0. The largest absolute Gasteiger partial charge is 0.416 e. The Balaban J connectivity index is 1.38. The molecule has 1 saturated carbocycles.